The molecule has 6 nitrogen and oxygen atoms in total. The number of carbonyl (C=O) groups excluding carboxylic acids is 1. The highest BCUT2D eigenvalue weighted by atomic mass is 32.2. The lowest BCUT2D eigenvalue weighted by Gasteiger charge is -2.08. The van der Waals surface area contributed by atoms with Crippen LogP contribution in [0.5, 0.6) is 0 Å². The second-order valence-corrected chi connectivity index (χ2v) is 6.40. The minimum absolute atomic E-state index is 0.00304. The number of amides is 1. The van der Waals surface area contributed by atoms with Gasteiger partial charge in [0.2, 0.25) is 15.9 Å². The van der Waals surface area contributed by atoms with E-state index in [1.54, 1.807) is 0 Å². The van der Waals surface area contributed by atoms with E-state index in [1.807, 2.05) is 31.2 Å². The number of sulfonamides is 1. The lowest BCUT2D eigenvalue weighted by Crippen LogP contribution is -2.21. The van der Waals surface area contributed by atoms with Crippen molar-refractivity contribution in [3.8, 4) is 0 Å². The van der Waals surface area contributed by atoms with E-state index < -0.39 is 10.0 Å². The fraction of sp³-hybridized carbons (Fsp3) is 0.133. The van der Waals surface area contributed by atoms with Crippen molar-refractivity contribution in [2.45, 2.75) is 11.8 Å². The summed E-state index contributed by atoms with van der Waals surface area (Å²) in [6, 6.07) is 13.4. The molecule has 4 N–H and O–H groups in total. The molecule has 0 fully saturated rings. The van der Waals surface area contributed by atoms with E-state index in [0.717, 1.165) is 11.3 Å². The zero-order valence-electron chi connectivity index (χ0n) is 12.0. The van der Waals surface area contributed by atoms with Gasteiger partial charge >= 0.3 is 0 Å². The Morgan fingerprint density at radius 1 is 1.00 bits per heavy atom. The second kappa shape index (κ2) is 6.59. The molecule has 0 bridgehead atoms. The molecular weight excluding hydrogens is 302 g/mol. The number of primary sulfonamides is 1. The van der Waals surface area contributed by atoms with Crippen molar-refractivity contribution in [1.29, 1.82) is 0 Å². The largest absolute Gasteiger partial charge is 0.376 e. The van der Waals surface area contributed by atoms with Crippen LogP contribution in [0.25, 0.3) is 0 Å². The summed E-state index contributed by atoms with van der Waals surface area (Å²) in [4.78, 5) is 11.8. The molecule has 0 atom stereocenters. The number of rotatable bonds is 5. The van der Waals surface area contributed by atoms with E-state index in [-0.39, 0.29) is 17.3 Å². The number of benzene rings is 2. The first-order chi connectivity index (χ1) is 10.3. The van der Waals surface area contributed by atoms with E-state index in [9.17, 15) is 13.2 Å². The van der Waals surface area contributed by atoms with Crippen LogP contribution in [0, 0.1) is 6.92 Å². The molecule has 0 saturated heterocycles. The molecule has 7 heteroatoms. The molecule has 0 unspecified atom stereocenters. The Kier molecular flexibility index (Phi) is 4.79. The summed E-state index contributed by atoms with van der Waals surface area (Å²) in [5.41, 5.74) is 2.50. The summed E-state index contributed by atoms with van der Waals surface area (Å²) < 4.78 is 22.3. The maximum Gasteiger partial charge on any atom is 0.243 e. The molecule has 2 aromatic carbocycles. The quantitative estimate of drug-likeness (QED) is 0.780. The Labute approximate surface area is 129 Å². The van der Waals surface area contributed by atoms with Gasteiger partial charge in [-0.25, -0.2) is 13.6 Å². The van der Waals surface area contributed by atoms with Gasteiger partial charge in [0.05, 0.1) is 11.4 Å². The van der Waals surface area contributed by atoms with Crippen LogP contribution in [0.4, 0.5) is 11.4 Å². The molecule has 22 heavy (non-hydrogen) atoms. The normalized spacial score (nSPS) is 11.0. The van der Waals surface area contributed by atoms with E-state index in [2.05, 4.69) is 10.6 Å². The molecular formula is C15H17N3O3S. The molecule has 0 heterocycles. The molecule has 1 amide bonds. The maximum atomic E-state index is 11.8. The summed E-state index contributed by atoms with van der Waals surface area (Å²) in [6.45, 7) is 2.10. The minimum Gasteiger partial charge on any atom is -0.376 e. The third kappa shape index (κ3) is 4.57. The lowest BCUT2D eigenvalue weighted by atomic mass is 10.2. The highest BCUT2D eigenvalue weighted by Gasteiger charge is 2.08. The molecule has 116 valence electrons. The van der Waals surface area contributed by atoms with E-state index in [4.69, 9.17) is 5.14 Å². The average molecular weight is 319 g/mol. The SMILES string of the molecule is Cc1ccc(NCC(=O)Nc2ccc(S(N)(=O)=O)cc2)cc1. The number of anilines is 2. The lowest BCUT2D eigenvalue weighted by molar-refractivity contribution is -0.114. The topological polar surface area (TPSA) is 101 Å². The van der Waals surface area contributed by atoms with Crippen LogP contribution in [-0.2, 0) is 14.8 Å². The third-order valence-electron chi connectivity index (χ3n) is 2.97. The van der Waals surface area contributed by atoms with Gasteiger partial charge in [-0.15, -0.1) is 0 Å². The molecule has 2 aromatic rings. The molecule has 0 aliphatic rings. The van der Waals surface area contributed by atoms with Gasteiger partial charge in [0.25, 0.3) is 0 Å². The highest BCUT2D eigenvalue weighted by molar-refractivity contribution is 7.89. The molecule has 0 aromatic heterocycles. The zero-order valence-corrected chi connectivity index (χ0v) is 12.9. The van der Waals surface area contributed by atoms with Crippen molar-refractivity contribution >= 4 is 27.3 Å². The second-order valence-electron chi connectivity index (χ2n) is 4.84. The van der Waals surface area contributed by atoms with Crippen molar-refractivity contribution < 1.29 is 13.2 Å². The van der Waals surface area contributed by atoms with Gasteiger partial charge in [0, 0.05) is 11.4 Å². The van der Waals surface area contributed by atoms with Crippen molar-refractivity contribution in [3.63, 3.8) is 0 Å². The predicted octanol–water partition coefficient (Wildman–Crippen LogP) is 1.69. The van der Waals surface area contributed by atoms with Crippen LogP contribution in [-0.4, -0.2) is 20.9 Å². The Morgan fingerprint density at radius 3 is 2.09 bits per heavy atom. The smallest absolute Gasteiger partial charge is 0.243 e. The predicted molar refractivity (Wildman–Crippen MR) is 86.1 cm³/mol. The summed E-state index contributed by atoms with van der Waals surface area (Å²) in [5.74, 6) is -0.232. The van der Waals surface area contributed by atoms with Gasteiger partial charge in [-0.3, -0.25) is 4.79 Å². The Bertz CT molecular complexity index is 754. The first-order valence-corrected chi connectivity index (χ1v) is 8.12. The van der Waals surface area contributed by atoms with Crippen LogP contribution < -0.4 is 15.8 Å². The minimum atomic E-state index is -3.72. The zero-order chi connectivity index (χ0) is 16.2. The summed E-state index contributed by atoms with van der Waals surface area (Å²) >= 11 is 0. The standard InChI is InChI=1S/C15H17N3O3S/c1-11-2-4-12(5-3-11)17-10-15(19)18-13-6-8-14(9-7-13)22(16,20)21/h2-9,17H,10H2,1H3,(H,18,19)(H2,16,20,21). The summed E-state index contributed by atoms with van der Waals surface area (Å²) in [7, 11) is -3.72. The molecule has 0 aliphatic heterocycles. The third-order valence-corrected chi connectivity index (χ3v) is 3.90. The highest BCUT2D eigenvalue weighted by Crippen LogP contribution is 2.13. The van der Waals surface area contributed by atoms with Crippen molar-refractivity contribution in [3.05, 3.63) is 54.1 Å². The molecule has 0 aliphatic carbocycles. The van der Waals surface area contributed by atoms with Gasteiger partial charge in [-0.05, 0) is 43.3 Å². The number of nitrogens with one attached hydrogen (secondary N) is 2. The molecule has 2 rings (SSSR count). The Hall–Kier alpha value is -2.38. The van der Waals surface area contributed by atoms with Crippen molar-refractivity contribution in [2.24, 2.45) is 5.14 Å². The Balaban J connectivity index is 1.90. The van der Waals surface area contributed by atoms with E-state index in [1.165, 1.54) is 24.3 Å². The number of hydrogen-bond acceptors (Lipinski definition) is 4. The van der Waals surface area contributed by atoms with Gasteiger partial charge in [0.15, 0.2) is 0 Å². The molecule has 0 spiro atoms. The van der Waals surface area contributed by atoms with E-state index in [0.29, 0.717) is 5.69 Å². The van der Waals surface area contributed by atoms with Crippen LogP contribution in [0.1, 0.15) is 5.56 Å². The fourth-order valence-corrected chi connectivity index (χ4v) is 2.30. The summed E-state index contributed by atoms with van der Waals surface area (Å²) in [5, 5.41) is 10.7. The fourth-order valence-electron chi connectivity index (χ4n) is 1.79. The average Bonchev–Trinajstić information content (AvgIpc) is 2.46. The van der Waals surface area contributed by atoms with Crippen molar-refractivity contribution in [2.75, 3.05) is 17.2 Å². The summed E-state index contributed by atoms with van der Waals surface area (Å²) in [6.07, 6.45) is 0. The first-order valence-electron chi connectivity index (χ1n) is 6.58. The van der Waals surface area contributed by atoms with E-state index >= 15 is 0 Å². The van der Waals surface area contributed by atoms with Crippen LogP contribution in [0.15, 0.2) is 53.4 Å². The molecule has 0 radical (unpaired) electrons. The Morgan fingerprint density at radius 2 is 1.55 bits per heavy atom. The van der Waals surface area contributed by atoms with Crippen LogP contribution in [0.2, 0.25) is 0 Å². The van der Waals surface area contributed by atoms with Crippen LogP contribution >= 0.6 is 0 Å². The van der Waals surface area contributed by atoms with Gasteiger partial charge in [-0.2, -0.15) is 0 Å². The monoisotopic (exact) mass is 319 g/mol. The first kappa shape index (κ1) is 16.0. The number of carbonyl (C=O) groups is 1. The number of hydrogen-bond donors (Lipinski definition) is 3. The molecule has 0 saturated carbocycles. The van der Waals surface area contributed by atoms with Crippen molar-refractivity contribution in [1.82, 2.24) is 0 Å². The number of aryl methyl sites for hydroxylation is 1. The van der Waals surface area contributed by atoms with Gasteiger partial charge < -0.3 is 10.6 Å². The van der Waals surface area contributed by atoms with Crippen LogP contribution in [0.3, 0.4) is 0 Å². The van der Waals surface area contributed by atoms with Gasteiger partial charge in [-0.1, -0.05) is 17.7 Å². The number of nitrogens with two attached hydrogens (primary N) is 1. The maximum absolute atomic E-state index is 11.8. The van der Waals surface area contributed by atoms with Gasteiger partial charge in [0.1, 0.15) is 0 Å².